The van der Waals surface area contributed by atoms with Crippen molar-refractivity contribution in [1.29, 1.82) is 0 Å². The number of carbonyl (C=O) groups excluding carboxylic acids is 2. The number of benzene rings is 4. The molecule has 1 aliphatic rings. The highest BCUT2D eigenvalue weighted by molar-refractivity contribution is 6.09. The van der Waals surface area contributed by atoms with Gasteiger partial charge in [-0.3, -0.25) is 9.59 Å². The van der Waals surface area contributed by atoms with Crippen molar-refractivity contribution in [1.82, 2.24) is 0 Å². The number of hydrogen-bond acceptors (Lipinski definition) is 6. The second kappa shape index (κ2) is 11.7. The smallest absolute Gasteiger partial charge is 0.255 e. The first-order chi connectivity index (χ1) is 20.5. The van der Waals surface area contributed by atoms with Crippen molar-refractivity contribution in [3.63, 3.8) is 0 Å². The lowest BCUT2D eigenvalue weighted by Crippen LogP contribution is -2.52. The van der Waals surface area contributed by atoms with Gasteiger partial charge in [0, 0.05) is 41.6 Å². The average molecular weight is 584 g/mol. The fourth-order valence-corrected chi connectivity index (χ4v) is 5.25. The number of halogens is 1. The molecule has 4 aromatic rings. The maximum absolute atomic E-state index is 14.1. The van der Waals surface area contributed by atoms with Crippen molar-refractivity contribution in [2.75, 3.05) is 36.8 Å². The SMILES string of the molecule is COc1ccc(C(=O)Nc2ccc(-c3ccc4c(c3COc3cc(F)ccc3C)N(C)C(=O)C(C)(C)N4)c(OC)c2)cc1. The van der Waals surface area contributed by atoms with Crippen molar-refractivity contribution in [2.24, 2.45) is 0 Å². The molecular formula is C34H34FN3O5. The molecule has 9 heteroatoms. The van der Waals surface area contributed by atoms with Crippen LogP contribution in [0.3, 0.4) is 0 Å². The number of methoxy groups -OCH3 is 2. The zero-order valence-corrected chi connectivity index (χ0v) is 25.0. The van der Waals surface area contributed by atoms with E-state index in [1.54, 1.807) is 68.6 Å². The molecule has 0 spiro atoms. The van der Waals surface area contributed by atoms with E-state index in [2.05, 4.69) is 10.6 Å². The number of carbonyl (C=O) groups is 2. The van der Waals surface area contributed by atoms with E-state index in [0.29, 0.717) is 39.8 Å². The number of nitrogens with zero attached hydrogens (tertiary/aromatic N) is 1. The molecule has 1 heterocycles. The predicted octanol–water partition coefficient (Wildman–Crippen LogP) is 6.82. The molecule has 5 rings (SSSR count). The van der Waals surface area contributed by atoms with Gasteiger partial charge in [-0.2, -0.15) is 0 Å². The Morgan fingerprint density at radius 1 is 0.930 bits per heavy atom. The number of fused-ring (bicyclic) bond motifs is 1. The Kier molecular flexibility index (Phi) is 8.00. The molecule has 2 N–H and O–H groups in total. The van der Waals surface area contributed by atoms with Gasteiger partial charge in [-0.05, 0) is 80.4 Å². The highest BCUT2D eigenvalue weighted by Gasteiger charge is 2.38. The van der Waals surface area contributed by atoms with E-state index >= 15 is 0 Å². The molecule has 0 fully saturated rings. The lowest BCUT2D eigenvalue weighted by molar-refractivity contribution is -0.121. The van der Waals surface area contributed by atoms with Crippen LogP contribution in [0.5, 0.6) is 17.2 Å². The normalized spacial score (nSPS) is 13.6. The Labute approximate surface area is 250 Å². The largest absolute Gasteiger partial charge is 0.497 e. The molecule has 0 atom stereocenters. The van der Waals surface area contributed by atoms with Gasteiger partial charge in [-0.15, -0.1) is 0 Å². The summed E-state index contributed by atoms with van der Waals surface area (Å²) in [6, 6.07) is 20.5. The van der Waals surface area contributed by atoms with E-state index in [1.807, 2.05) is 39.0 Å². The first-order valence-electron chi connectivity index (χ1n) is 13.8. The van der Waals surface area contributed by atoms with Crippen LogP contribution in [0.4, 0.5) is 21.5 Å². The summed E-state index contributed by atoms with van der Waals surface area (Å²) in [4.78, 5) is 27.8. The zero-order chi connectivity index (χ0) is 30.9. The Hall–Kier alpha value is -5.05. The minimum atomic E-state index is -0.804. The monoisotopic (exact) mass is 583 g/mol. The quantitative estimate of drug-likeness (QED) is 0.237. The van der Waals surface area contributed by atoms with Crippen LogP contribution >= 0.6 is 0 Å². The van der Waals surface area contributed by atoms with E-state index in [0.717, 1.165) is 22.4 Å². The number of likely N-dealkylation sites (N-methyl/N-ethyl adjacent to an activating group) is 1. The highest BCUT2D eigenvalue weighted by atomic mass is 19.1. The molecule has 4 aromatic carbocycles. The molecule has 0 unspecified atom stereocenters. The predicted molar refractivity (Wildman–Crippen MR) is 166 cm³/mol. The lowest BCUT2D eigenvalue weighted by atomic mass is 9.91. The van der Waals surface area contributed by atoms with Crippen LogP contribution in [0.15, 0.2) is 72.8 Å². The van der Waals surface area contributed by atoms with Gasteiger partial charge in [0.05, 0.1) is 25.6 Å². The van der Waals surface area contributed by atoms with Crippen molar-refractivity contribution < 1.29 is 28.2 Å². The number of amides is 2. The molecule has 0 radical (unpaired) electrons. The second-order valence-corrected chi connectivity index (χ2v) is 10.9. The van der Waals surface area contributed by atoms with Crippen LogP contribution in [0, 0.1) is 12.7 Å². The van der Waals surface area contributed by atoms with Gasteiger partial charge in [0.2, 0.25) is 0 Å². The highest BCUT2D eigenvalue weighted by Crippen LogP contribution is 2.45. The molecule has 2 amide bonds. The van der Waals surface area contributed by atoms with Gasteiger partial charge in [0.25, 0.3) is 11.8 Å². The van der Waals surface area contributed by atoms with Crippen molar-refractivity contribution in [2.45, 2.75) is 32.9 Å². The maximum Gasteiger partial charge on any atom is 0.255 e. The summed E-state index contributed by atoms with van der Waals surface area (Å²) in [5, 5.41) is 6.25. The van der Waals surface area contributed by atoms with Crippen molar-refractivity contribution in [3.05, 3.63) is 95.3 Å². The molecule has 0 bridgehead atoms. The summed E-state index contributed by atoms with van der Waals surface area (Å²) < 4.78 is 31.2. The fraction of sp³-hybridized carbons (Fsp3) is 0.235. The number of anilines is 3. The minimum absolute atomic E-state index is 0.0572. The van der Waals surface area contributed by atoms with E-state index in [-0.39, 0.29) is 18.4 Å². The van der Waals surface area contributed by atoms with Gasteiger partial charge >= 0.3 is 0 Å². The first kappa shape index (κ1) is 29.4. The number of ether oxygens (including phenoxy) is 3. The third kappa shape index (κ3) is 5.83. The van der Waals surface area contributed by atoms with Gasteiger partial charge in [-0.1, -0.05) is 12.1 Å². The average Bonchev–Trinajstić information content (AvgIpc) is 3.00. The number of nitrogens with one attached hydrogen (secondary N) is 2. The Morgan fingerprint density at radius 3 is 2.35 bits per heavy atom. The lowest BCUT2D eigenvalue weighted by Gasteiger charge is -2.39. The van der Waals surface area contributed by atoms with Crippen LogP contribution in [0.25, 0.3) is 11.1 Å². The summed E-state index contributed by atoms with van der Waals surface area (Å²) in [6.07, 6.45) is 0. The topological polar surface area (TPSA) is 89.1 Å². The number of rotatable bonds is 8. The van der Waals surface area contributed by atoms with Gasteiger partial charge in [0.1, 0.15) is 35.2 Å². The molecule has 0 aliphatic carbocycles. The molecular weight excluding hydrogens is 549 g/mol. The van der Waals surface area contributed by atoms with Crippen LogP contribution in [-0.4, -0.2) is 38.6 Å². The summed E-state index contributed by atoms with van der Waals surface area (Å²) in [5.41, 5.74) is 4.65. The summed E-state index contributed by atoms with van der Waals surface area (Å²) in [5.74, 6) is 0.786. The van der Waals surface area contributed by atoms with Gasteiger partial charge in [0.15, 0.2) is 0 Å². The third-order valence-corrected chi connectivity index (χ3v) is 7.53. The molecule has 8 nitrogen and oxygen atoms in total. The zero-order valence-electron chi connectivity index (χ0n) is 25.0. The Balaban J connectivity index is 1.55. The number of aryl methyl sites for hydroxylation is 1. The second-order valence-electron chi connectivity index (χ2n) is 10.9. The minimum Gasteiger partial charge on any atom is -0.497 e. The molecule has 0 saturated heterocycles. The Bertz CT molecular complexity index is 1700. The fourth-order valence-electron chi connectivity index (χ4n) is 5.25. The van der Waals surface area contributed by atoms with Crippen LogP contribution in [0.1, 0.15) is 35.3 Å². The van der Waals surface area contributed by atoms with Gasteiger partial charge in [-0.25, -0.2) is 4.39 Å². The summed E-state index contributed by atoms with van der Waals surface area (Å²) >= 11 is 0. The molecule has 1 aliphatic heterocycles. The Morgan fingerprint density at radius 2 is 1.65 bits per heavy atom. The molecule has 222 valence electrons. The molecule has 0 aromatic heterocycles. The van der Waals surface area contributed by atoms with E-state index in [9.17, 15) is 14.0 Å². The van der Waals surface area contributed by atoms with Gasteiger partial charge < -0.3 is 29.7 Å². The van der Waals surface area contributed by atoms with Crippen molar-refractivity contribution >= 4 is 28.9 Å². The van der Waals surface area contributed by atoms with E-state index < -0.39 is 11.4 Å². The first-order valence-corrected chi connectivity index (χ1v) is 13.8. The maximum atomic E-state index is 14.1. The van der Waals surface area contributed by atoms with Crippen molar-refractivity contribution in [3.8, 4) is 28.4 Å². The van der Waals surface area contributed by atoms with Crippen LogP contribution in [0.2, 0.25) is 0 Å². The third-order valence-electron chi connectivity index (χ3n) is 7.53. The van der Waals surface area contributed by atoms with Crippen LogP contribution < -0.4 is 29.7 Å². The molecule has 0 saturated carbocycles. The van der Waals surface area contributed by atoms with E-state index in [4.69, 9.17) is 14.2 Å². The molecule has 43 heavy (non-hydrogen) atoms. The summed E-state index contributed by atoms with van der Waals surface area (Å²) in [7, 11) is 4.86. The standard InChI is InChI=1S/C34H34FN3O5/c1-20-7-10-22(35)17-29(20)43-19-27-25(15-16-28-31(27)38(4)33(40)34(2,3)37-28)26-14-11-23(18-30(26)42-6)36-32(39)21-8-12-24(41-5)13-9-21/h7-18,37H,19H2,1-6H3,(H,36,39). The van der Waals surface area contributed by atoms with E-state index in [1.165, 1.54) is 12.1 Å². The summed E-state index contributed by atoms with van der Waals surface area (Å²) in [6.45, 7) is 5.56. The van der Waals surface area contributed by atoms with Crippen LogP contribution in [-0.2, 0) is 11.4 Å². The number of hydrogen-bond donors (Lipinski definition) is 2.